The molecule has 0 saturated heterocycles. The lowest BCUT2D eigenvalue weighted by atomic mass is 10.1. The molecule has 0 amide bonds. The highest BCUT2D eigenvalue weighted by Crippen LogP contribution is 2.26. The van der Waals surface area contributed by atoms with Gasteiger partial charge in [-0.25, -0.2) is 4.68 Å². The Morgan fingerprint density at radius 1 is 1.28 bits per heavy atom. The first-order chi connectivity index (χ1) is 8.41. The van der Waals surface area contributed by atoms with E-state index in [4.69, 9.17) is 0 Å². The van der Waals surface area contributed by atoms with Gasteiger partial charge in [-0.15, -0.1) is 0 Å². The minimum Gasteiger partial charge on any atom is -0.294 e. The monoisotopic (exact) mass is 370 g/mol. The lowest BCUT2D eigenvalue weighted by molar-refractivity contribution is 0.101. The lowest BCUT2D eigenvalue weighted by Gasteiger charge is -2.09. The molecule has 0 radical (unpaired) electrons. The fraction of sp³-hybridized carbons (Fsp3) is 0.231. The van der Waals surface area contributed by atoms with Crippen molar-refractivity contribution >= 4 is 37.6 Å². The molecule has 1 heterocycles. The van der Waals surface area contributed by atoms with Crippen LogP contribution in [-0.4, -0.2) is 15.6 Å². The highest BCUT2D eigenvalue weighted by molar-refractivity contribution is 9.10. The second-order valence-electron chi connectivity index (χ2n) is 4.11. The summed E-state index contributed by atoms with van der Waals surface area (Å²) >= 11 is 6.93. The Hall–Kier alpha value is -0.940. The van der Waals surface area contributed by atoms with Crippen LogP contribution in [0.1, 0.15) is 28.7 Å². The van der Waals surface area contributed by atoms with Gasteiger partial charge in [-0.2, -0.15) is 5.10 Å². The van der Waals surface area contributed by atoms with Gasteiger partial charge in [-0.05, 0) is 54.9 Å². The van der Waals surface area contributed by atoms with E-state index in [1.165, 1.54) is 0 Å². The number of carbonyl (C=O) groups excluding carboxylic acids is 1. The van der Waals surface area contributed by atoms with Gasteiger partial charge in [0.05, 0.1) is 21.5 Å². The Kier molecular flexibility index (Phi) is 3.73. The first kappa shape index (κ1) is 13.5. The van der Waals surface area contributed by atoms with Crippen molar-refractivity contribution in [3.63, 3.8) is 0 Å². The largest absolute Gasteiger partial charge is 0.294 e. The molecule has 1 aromatic carbocycles. The molecule has 0 aliphatic heterocycles. The van der Waals surface area contributed by atoms with Gasteiger partial charge >= 0.3 is 0 Å². The molecule has 2 rings (SSSR count). The van der Waals surface area contributed by atoms with Crippen LogP contribution in [-0.2, 0) is 0 Å². The maximum atomic E-state index is 11.7. The van der Waals surface area contributed by atoms with Crippen molar-refractivity contribution < 1.29 is 4.79 Å². The number of carbonyl (C=O) groups is 1. The first-order valence-corrected chi connectivity index (χ1v) is 7.03. The molecule has 5 heteroatoms. The number of ketones is 1. The van der Waals surface area contributed by atoms with Gasteiger partial charge in [0.1, 0.15) is 0 Å². The van der Waals surface area contributed by atoms with E-state index in [0.717, 1.165) is 26.0 Å². The van der Waals surface area contributed by atoms with Gasteiger partial charge in [0.2, 0.25) is 0 Å². The first-order valence-electron chi connectivity index (χ1n) is 5.44. The number of Topliss-reactive ketones (excluding diaryl/α,β-unsaturated/α-hetero) is 1. The summed E-state index contributed by atoms with van der Waals surface area (Å²) in [4.78, 5) is 11.7. The molecule has 94 valence electrons. The second-order valence-corrected chi connectivity index (χ2v) is 5.82. The van der Waals surface area contributed by atoms with E-state index in [0.29, 0.717) is 5.56 Å². The number of rotatable bonds is 2. The zero-order valence-corrected chi connectivity index (χ0v) is 13.5. The summed E-state index contributed by atoms with van der Waals surface area (Å²) in [6.07, 6.45) is 0. The maximum Gasteiger partial charge on any atom is 0.161 e. The average molecular weight is 372 g/mol. The van der Waals surface area contributed by atoms with Crippen LogP contribution >= 0.6 is 31.9 Å². The van der Waals surface area contributed by atoms with Crippen LogP contribution in [0.2, 0.25) is 0 Å². The Bertz CT molecular complexity index is 632. The minimum atomic E-state index is 0.0289. The van der Waals surface area contributed by atoms with E-state index in [2.05, 4.69) is 37.0 Å². The topological polar surface area (TPSA) is 34.9 Å². The highest BCUT2D eigenvalue weighted by Gasteiger charge is 2.15. The lowest BCUT2D eigenvalue weighted by Crippen LogP contribution is -2.06. The standard InChI is InChI=1S/C13H12Br2N2O/c1-7-13(15)8(2)17(16-7)12-6-10(14)4-5-11(12)9(3)18/h4-6H,1-3H3. The highest BCUT2D eigenvalue weighted by atomic mass is 79.9. The summed E-state index contributed by atoms with van der Waals surface area (Å²) in [7, 11) is 0. The maximum absolute atomic E-state index is 11.7. The summed E-state index contributed by atoms with van der Waals surface area (Å²) in [5.74, 6) is 0.0289. The quantitative estimate of drug-likeness (QED) is 0.741. The summed E-state index contributed by atoms with van der Waals surface area (Å²) in [5.41, 5.74) is 3.34. The molecule has 0 spiro atoms. The molecule has 0 fully saturated rings. The average Bonchev–Trinajstić information content (AvgIpc) is 2.56. The Morgan fingerprint density at radius 2 is 1.94 bits per heavy atom. The summed E-state index contributed by atoms with van der Waals surface area (Å²) in [5, 5.41) is 4.46. The van der Waals surface area contributed by atoms with Gasteiger partial charge in [-0.1, -0.05) is 15.9 Å². The third-order valence-electron chi connectivity index (χ3n) is 2.77. The van der Waals surface area contributed by atoms with Gasteiger partial charge in [0, 0.05) is 10.0 Å². The van der Waals surface area contributed by atoms with Crippen molar-refractivity contribution in [3.05, 3.63) is 44.1 Å². The summed E-state index contributed by atoms with van der Waals surface area (Å²) in [6.45, 7) is 5.46. The van der Waals surface area contributed by atoms with E-state index in [9.17, 15) is 4.79 Å². The molecular formula is C13H12Br2N2O. The Labute approximate surface area is 122 Å². The molecule has 18 heavy (non-hydrogen) atoms. The molecular weight excluding hydrogens is 360 g/mol. The Morgan fingerprint density at radius 3 is 2.44 bits per heavy atom. The van der Waals surface area contributed by atoms with E-state index >= 15 is 0 Å². The van der Waals surface area contributed by atoms with E-state index in [-0.39, 0.29) is 5.78 Å². The van der Waals surface area contributed by atoms with Crippen LogP contribution in [0.4, 0.5) is 0 Å². The van der Waals surface area contributed by atoms with Crippen molar-refractivity contribution in [2.24, 2.45) is 0 Å². The van der Waals surface area contributed by atoms with Crippen LogP contribution in [0.5, 0.6) is 0 Å². The molecule has 2 aromatic rings. The van der Waals surface area contributed by atoms with Gasteiger partial charge in [-0.3, -0.25) is 4.79 Å². The van der Waals surface area contributed by atoms with Crippen molar-refractivity contribution in [2.45, 2.75) is 20.8 Å². The van der Waals surface area contributed by atoms with Crippen LogP contribution in [0.15, 0.2) is 27.1 Å². The van der Waals surface area contributed by atoms with Crippen molar-refractivity contribution in [2.75, 3.05) is 0 Å². The van der Waals surface area contributed by atoms with Gasteiger partial charge < -0.3 is 0 Å². The molecule has 0 N–H and O–H groups in total. The molecule has 3 nitrogen and oxygen atoms in total. The van der Waals surface area contributed by atoms with Crippen LogP contribution in [0.25, 0.3) is 5.69 Å². The van der Waals surface area contributed by atoms with E-state index < -0.39 is 0 Å². The predicted molar refractivity (Wildman–Crippen MR) is 78.4 cm³/mol. The zero-order valence-electron chi connectivity index (χ0n) is 10.3. The van der Waals surface area contributed by atoms with Gasteiger partial charge in [0.25, 0.3) is 0 Å². The van der Waals surface area contributed by atoms with Crippen molar-refractivity contribution in [1.29, 1.82) is 0 Å². The molecule has 1 aromatic heterocycles. The fourth-order valence-electron chi connectivity index (χ4n) is 1.84. The second kappa shape index (κ2) is 4.97. The van der Waals surface area contributed by atoms with Crippen molar-refractivity contribution in [3.8, 4) is 5.69 Å². The molecule has 0 aliphatic carbocycles. The third kappa shape index (κ3) is 2.29. The molecule has 0 atom stereocenters. The summed E-state index contributed by atoms with van der Waals surface area (Å²) < 4.78 is 3.68. The molecule has 0 aliphatic rings. The number of aryl methyl sites for hydroxylation is 1. The summed E-state index contributed by atoms with van der Waals surface area (Å²) in [6, 6.07) is 5.58. The zero-order chi connectivity index (χ0) is 13.4. The van der Waals surface area contributed by atoms with Crippen LogP contribution < -0.4 is 0 Å². The smallest absolute Gasteiger partial charge is 0.161 e. The predicted octanol–water partition coefficient (Wildman–Crippen LogP) is 4.22. The minimum absolute atomic E-state index is 0.0289. The van der Waals surface area contributed by atoms with E-state index in [1.54, 1.807) is 11.6 Å². The molecule has 0 bridgehead atoms. The number of hydrogen-bond acceptors (Lipinski definition) is 2. The third-order valence-corrected chi connectivity index (χ3v) is 4.41. The number of nitrogens with zero attached hydrogens (tertiary/aromatic N) is 2. The number of benzene rings is 1. The number of hydrogen-bond donors (Lipinski definition) is 0. The molecule has 0 saturated carbocycles. The SMILES string of the molecule is CC(=O)c1ccc(Br)cc1-n1nc(C)c(Br)c1C. The molecule has 0 unspecified atom stereocenters. The van der Waals surface area contributed by atoms with Gasteiger partial charge in [0.15, 0.2) is 5.78 Å². The number of aromatic nitrogens is 2. The van der Waals surface area contributed by atoms with Crippen LogP contribution in [0, 0.1) is 13.8 Å². The Balaban J connectivity index is 2.73. The van der Waals surface area contributed by atoms with Crippen LogP contribution in [0.3, 0.4) is 0 Å². The number of halogens is 2. The normalized spacial score (nSPS) is 10.7. The fourth-order valence-corrected chi connectivity index (χ4v) is 2.43. The van der Waals surface area contributed by atoms with E-state index in [1.807, 2.05) is 32.0 Å². The van der Waals surface area contributed by atoms with Crippen molar-refractivity contribution in [1.82, 2.24) is 9.78 Å².